The van der Waals surface area contributed by atoms with Crippen molar-refractivity contribution in [3.8, 4) is 5.95 Å². The van der Waals surface area contributed by atoms with Crippen molar-refractivity contribution in [3.05, 3.63) is 16.0 Å². The van der Waals surface area contributed by atoms with E-state index in [1.54, 1.807) is 46.6 Å². The molecule has 2 amide bonds. The van der Waals surface area contributed by atoms with Crippen LogP contribution in [0.25, 0.3) is 0 Å². The highest BCUT2D eigenvalue weighted by atomic mass is 32.2. The van der Waals surface area contributed by atoms with Crippen LogP contribution >= 0.6 is 23.1 Å². The van der Waals surface area contributed by atoms with Crippen LogP contribution in [0.5, 0.6) is 5.95 Å². The second-order valence-corrected chi connectivity index (χ2v) is 11.1. The maximum absolute atomic E-state index is 12.9. The second kappa shape index (κ2) is 10.2. The lowest BCUT2D eigenvalue weighted by Gasteiger charge is -2.30. The predicted molar refractivity (Wildman–Crippen MR) is 122 cm³/mol. The fourth-order valence-electron chi connectivity index (χ4n) is 3.26. The van der Waals surface area contributed by atoms with E-state index in [0.29, 0.717) is 23.5 Å². The number of nitrogens with zero attached hydrogens (tertiary/aromatic N) is 3. The van der Waals surface area contributed by atoms with Gasteiger partial charge in [-0.3, -0.25) is 4.79 Å². The first kappa shape index (κ1) is 25.8. The lowest BCUT2D eigenvalue weighted by Crippen LogP contribution is -2.39. The van der Waals surface area contributed by atoms with E-state index in [-0.39, 0.29) is 18.2 Å². The molecule has 0 fully saturated rings. The third kappa shape index (κ3) is 5.81. The summed E-state index contributed by atoms with van der Waals surface area (Å²) in [6.45, 7) is 9.55. The number of esters is 1. The van der Waals surface area contributed by atoms with E-state index in [1.807, 2.05) is 0 Å². The molecule has 0 saturated carbocycles. The molecule has 0 aliphatic carbocycles. The van der Waals surface area contributed by atoms with Crippen molar-refractivity contribution in [2.24, 2.45) is 7.05 Å². The Bertz CT molecular complexity index is 1070. The summed E-state index contributed by atoms with van der Waals surface area (Å²) >= 11 is 2.23. The van der Waals surface area contributed by atoms with Crippen LogP contribution in [0.4, 0.5) is 9.80 Å². The van der Waals surface area contributed by atoms with E-state index in [0.717, 1.165) is 22.2 Å². The zero-order valence-electron chi connectivity index (χ0n) is 19.9. The minimum Gasteiger partial charge on any atom is -0.538 e. The Kier molecular flexibility index (Phi) is 7.76. The molecule has 1 unspecified atom stereocenters. The predicted octanol–water partition coefficient (Wildman–Crippen LogP) is 2.22. The van der Waals surface area contributed by atoms with Crippen molar-refractivity contribution in [3.63, 3.8) is 0 Å². The number of thioether (sulfide) groups is 1. The Morgan fingerprint density at radius 3 is 2.68 bits per heavy atom. The summed E-state index contributed by atoms with van der Waals surface area (Å²) in [7, 11) is 1.54. The monoisotopic (exact) mass is 512 g/mol. The van der Waals surface area contributed by atoms with Crippen molar-refractivity contribution in [2.75, 3.05) is 18.5 Å². The van der Waals surface area contributed by atoms with Crippen LogP contribution < -0.4 is 15.1 Å². The first-order valence-electron chi connectivity index (χ1n) is 10.7. The molecule has 1 aliphatic rings. The van der Waals surface area contributed by atoms with Crippen LogP contribution in [0.2, 0.25) is 0 Å². The van der Waals surface area contributed by atoms with Crippen LogP contribution in [-0.4, -0.2) is 52.1 Å². The normalized spacial score (nSPS) is 14.4. The largest absolute Gasteiger partial charge is 0.538 e. The van der Waals surface area contributed by atoms with Crippen molar-refractivity contribution >= 4 is 46.1 Å². The van der Waals surface area contributed by atoms with Crippen molar-refractivity contribution < 1.29 is 38.2 Å². The minimum absolute atomic E-state index is 0.184. The highest BCUT2D eigenvalue weighted by Crippen LogP contribution is 2.38. The fraction of sp³-hybridized carbons (Fsp3) is 0.571. The summed E-state index contributed by atoms with van der Waals surface area (Å²) in [6.07, 6.45) is -0.00927. The molecule has 2 aromatic heterocycles. The van der Waals surface area contributed by atoms with E-state index in [9.17, 15) is 19.5 Å². The molecule has 0 spiro atoms. The lowest BCUT2D eigenvalue weighted by atomic mass is 10.0. The highest BCUT2D eigenvalue weighted by molar-refractivity contribution is 8.00. The highest BCUT2D eigenvalue weighted by Gasteiger charge is 2.33. The van der Waals surface area contributed by atoms with Crippen molar-refractivity contribution in [2.45, 2.75) is 63.5 Å². The molecule has 1 atom stereocenters. The van der Waals surface area contributed by atoms with Gasteiger partial charge in [-0.05, 0) is 58.4 Å². The molecule has 13 heteroatoms. The summed E-state index contributed by atoms with van der Waals surface area (Å²) in [5.74, 6) is -1.57. The summed E-state index contributed by atoms with van der Waals surface area (Å²) in [6, 6.07) is 0. The number of hydrogen-bond donors (Lipinski definition) is 1. The molecule has 0 radical (unpaired) electrons. The van der Waals surface area contributed by atoms with Gasteiger partial charge in [0.1, 0.15) is 10.6 Å². The van der Waals surface area contributed by atoms with Gasteiger partial charge < -0.3 is 29.3 Å². The molecule has 11 nitrogen and oxygen atoms in total. The summed E-state index contributed by atoms with van der Waals surface area (Å²) < 4.78 is 16.5. The number of aryl methyl sites for hydroxylation is 1. The molecule has 1 N–H and O–H groups in total. The number of nitrogens with one attached hydrogen (secondary N) is 1. The van der Waals surface area contributed by atoms with Gasteiger partial charge in [0, 0.05) is 11.4 Å². The number of thiophene rings is 1. The molecule has 0 saturated heterocycles. The Hall–Kier alpha value is -2.80. The van der Waals surface area contributed by atoms with Crippen LogP contribution in [0, 0.1) is 0 Å². The van der Waals surface area contributed by atoms with E-state index in [4.69, 9.17) is 9.47 Å². The maximum atomic E-state index is 12.9. The van der Waals surface area contributed by atoms with Crippen LogP contribution in [0.3, 0.4) is 0 Å². The van der Waals surface area contributed by atoms with Crippen LogP contribution in [0.15, 0.2) is 9.55 Å². The molecule has 0 aromatic carbocycles. The maximum Gasteiger partial charge on any atom is 0.410 e. The average molecular weight is 513 g/mol. The number of fused-ring (bicyclic) bond motifs is 1. The minimum atomic E-state index is -0.675. The average Bonchev–Trinajstić information content (AvgIpc) is 3.26. The Morgan fingerprint density at radius 1 is 1.38 bits per heavy atom. The van der Waals surface area contributed by atoms with Gasteiger partial charge in [-0.1, -0.05) is 4.68 Å². The third-order valence-electron chi connectivity index (χ3n) is 4.80. The number of hydrogen-bond acceptors (Lipinski definition) is 10. The van der Waals surface area contributed by atoms with Crippen LogP contribution in [0.1, 0.15) is 55.4 Å². The number of carbonyl (C=O) groups excluding carboxylic acids is 3. The summed E-state index contributed by atoms with van der Waals surface area (Å²) in [4.78, 5) is 40.6. The first-order valence-corrected chi connectivity index (χ1v) is 12.4. The SMILES string of the molecule is CCOC(=O)c1c(NC(=O)C(C)Sc2c([O-])on[n+]2C)sc2c1CCN(C(=O)OC(C)(C)C)C2. The van der Waals surface area contributed by atoms with E-state index >= 15 is 0 Å². The molecular weight excluding hydrogens is 484 g/mol. The standard InChI is InChI=1S/C21H28N4O7S2/c1-7-30-18(27)14-12-8-9-25(20(29)31-21(3,4)5)10-13(12)34-16(14)22-15(26)11(2)33-17-19(28)32-23-24(17)6/h11H,7-10H2,1-6H3,(H-,22,23,26,27,28). The fourth-order valence-corrected chi connectivity index (χ4v) is 5.33. The van der Waals surface area contributed by atoms with Crippen LogP contribution in [-0.2, 0) is 34.3 Å². The number of anilines is 1. The van der Waals surface area contributed by atoms with Gasteiger partial charge in [-0.2, -0.15) is 0 Å². The van der Waals surface area contributed by atoms with E-state index in [1.165, 1.54) is 16.0 Å². The van der Waals surface area contributed by atoms with Gasteiger partial charge in [-0.25, -0.2) is 9.59 Å². The summed E-state index contributed by atoms with van der Waals surface area (Å²) in [5.41, 5.74) is 0.434. The zero-order valence-corrected chi connectivity index (χ0v) is 21.6. The number of ether oxygens (including phenoxy) is 2. The van der Waals surface area contributed by atoms with Gasteiger partial charge in [0.25, 0.3) is 5.03 Å². The molecule has 2 aromatic rings. The molecule has 0 bridgehead atoms. The topological polar surface area (TPSA) is 138 Å². The smallest absolute Gasteiger partial charge is 0.410 e. The zero-order chi connectivity index (χ0) is 25.2. The Labute approximate surface area is 205 Å². The number of aromatic nitrogens is 2. The quantitative estimate of drug-likeness (QED) is 0.351. The van der Waals surface area contributed by atoms with Gasteiger partial charge in [-0.15, -0.1) is 11.3 Å². The molecular formula is C21H28N4O7S2. The van der Waals surface area contributed by atoms with E-state index in [2.05, 4.69) is 15.1 Å². The number of carbonyl (C=O) groups is 3. The van der Waals surface area contributed by atoms with Crippen molar-refractivity contribution in [1.29, 1.82) is 0 Å². The molecule has 3 heterocycles. The Balaban J connectivity index is 1.82. The first-order chi connectivity index (χ1) is 15.9. The van der Waals surface area contributed by atoms with Gasteiger partial charge in [0.15, 0.2) is 13.0 Å². The van der Waals surface area contributed by atoms with Gasteiger partial charge in [0.05, 0.1) is 29.2 Å². The second-order valence-electron chi connectivity index (χ2n) is 8.62. The number of amides is 2. The Morgan fingerprint density at radius 2 is 2.09 bits per heavy atom. The lowest BCUT2D eigenvalue weighted by molar-refractivity contribution is -0.772. The van der Waals surface area contributed by atoms with Gasteiger partial charge >= 0.3 is 12.1 Å². The van der Waals surface area contributed by atoms with E-state index < -0.39 is 34.8 Å². The molecule has 186 valence electrons. The summed E-state index contributed by atoms with van der Waals surface area (Å²) in [5, 5.41) is 18.0. The van der Waals surface area contributed by atoms with Crippen molar-refractivity contribution in [1.82, 2.24) is 10.2 Å². The van der Waals surface area contributed by atoms with Gasteiger partial charge in [0.2, 0.25) is 5.91 Å². The third-order valence-corrected chi connectivity index (χ3v) is 7.15. The number of rotatable bonds is 6. The molecule has 3 rings (SSSR count). The molecule has 34 heavy (non-hydrogen) atoms. The molecule has 1 aliphatic heterocycles.